The summed E-state index contributed by atoms with van der Waals surface area (Å²) in [5.74, 6) is -0.192. The summed E-state index contributed by atoms with van der Waals surface area (Å²) < 4.78 is 5.78. The number of aliphatic carboxylic acids is 1. The number of nitriles is 1. The van der Waals surface area contributed by atoms with Crippen LogP contribution in [-0.2, 0) is 17.9 Å². The minimum Gasteiger partial charge on any atom is -0.489 e. The van der Waals surface area contributed by atoms with E-state index in [2.05, 4.69) is 16.0 Å². The zero-order chi connectivity index (χ0) is 17.8. The standard InChI is InChI=1S/C19H19N3O3/c1-13-4-18(25-12-15-5-14(6-20)7-21-8-15)3-2-16(13)9-22-10-17(11-22)19(23)24/h2-5,7-8,17H,9-12H2,1H3,(H,23,24). The third-order valence-corrected chi connectivity index (χ3v) is 4.34. The maximum absolute atomic E-state index is 10.9. The summed E-state index contributed by atoms with van der Waals surface area (Å²) in [6, 6.07) is 9.73. The fourth-order valence-electron chi connectivity index (χ4n) is 2.83. The first-order valence-electron chi connectivity index (χ1n) is 8.06. The molecule has 1 aromatic carbocycles. The minimum atomic E-state index is -0.716. The molecule has 3 rings (SSSR count). The van der Waals surface area contributed by atoms with Crippen molar-refractivity contribution in [1.82, 2.24) is 9.88 Å². The number of carboxylic acid groups (broad SMARTS) is 1. The molecule has 0 atom stereocenters. The van der Waals surface area contributed by atoms with E-state index in [0.717, 1.165) is 23.4 Å². The van der Waals surface area contributed by atoms with Crippen molar-refractivity contribution in [1.29, 1.82) is 5.26 Å². The fraction of sp³-hybridized carbons (Fsp3) is 0.316. The second-order valence-corrected chi connectivity index (χ2v) is 6.30. The van der Waals surface area contributed by atoms with Crippen LogP contribution in [0.15, 0.2) is 36.7 Å². The molecule has 128 valence electrons. The van der Waals surface area contributed by atoms with E-state index in [0.29, 0.717) is 25.3 Å². The number of hydrogen-bond donors (Lipinski definition) is 1. The van der Waals surface area contributed by atoms with Crippen LogP contribution in [0.1, 0.15) is 22.3 Å². The molecule has 1 aliphatic rings. The van der Waals surface area contributed by atoms with Crippen molar-refractivity contribution in [2.24, 2.45) is 5.92 Å². The number of nitrogens with zero attached hydrogens (tertiary/aromatic N) is 3. The average Bonchev–Trinajstić information content (AvgIpc) is 2.57. The first-order chi connectivity index (χ1) is 12.0. The SMILES string of the molecule is Cc1cc(OCc2cncc(C#N)c2)ccc1CN1CC(C(=O)O)C1. The van der Waals surface area contributed by atoms with Crippen LogP contribution in [0, 0.1) is 24.2 Å². The van der Waals surface area contributed by atoms with Crippen LogP contribution in [0.25, 0.3) is 0 Å². The Balaban J connectivity index is 1.56. The number of carbonyl (C=O) groups is 1. The predicted octanol–water partition coefficient (Wildman–Crippen LogP) is 2.36. The van der Waals surface area contributed by atoms with E-state index < -0.39 is 5.97 Å². The van der Waals surface area contributed by atoms with Crippen molar-refractivity contribution >= 4 is 5.97 Å². The third-order valence-electron chi connectivity index (χ3n) is 4.34. The number of rotatable bonds is 6. The second-order valence-electron chi connectivity index (χ2n) is 6.30. The molecule has 1 aliphatic heterocycles. The lowest BCUT2D eigenvalue weighted by Crippen LogP contribution is -2.49. The Morgan fingerprint density at radius 2 is 2.20 bits per heavy atom. The average molecular weight is 337 g/mol. The largest absolute Gasteiger partial charge is 0.489 e. The zero-order valence-corrected chi connectivity index (χ0v) is 14.0. The summed E-state index contributed by atoms with van der Waals surface area (Å²) in [7, 11) is 0. The number of aromatic nitrogens is 1. The van der Waals surface area contributed by atoms with E-state index >= 15 is 0 Å². The van der Waals surface area contributed by atoms with E-state index in [1.807, 2.05) is 25.1 Å². The topological polar surface area (TPSA) is 86.5 Å². The van der Waals surface area contributed by atoms with Crippen LogP contribution in [0.3, 0.4) is 0 Å². The molecule has 1 saturated heterocycles. The molecule has 0 unspecified atom stereocenters. The summed E-state index contributed by atoms with van der Waals surface area (Å²) in [4.78, 5) is 17.0. The molecule has 0 radical (unpaired) electrons. The van der Waals surface area contributed by atoms with Gasteiger partial charge in [-0.15, -0.1) is 0 Å². The number of likely N-dealkylation sites (tertiary alicyclic amines) is 1. The molecule has 2 aromatic rings. The molecule has 2 heterocycles. The lowest BCUT2D eigenvalue weighted by molar-refractivity contribution is -0.147. The molecule has 25 heavy (non-hydrogen) atoms. The quantitative estimate of drug-likeness (QED) is 0.871. The van der Waals surface area contributed by atoms with E-state index in [-0.39, 0.29) is 5.92 Å². The molecule has 6 heteroatoms. The van der Waals surface area contributed by atoms with Gasteiger partial charge in [0.2, 0.25) is 0 Å². The van der Waals surface area contributed by atoms with Gasteiger partial charge in [0.05, 0.1) is 11.5 Å². The Morgan fingerprint density at radius 3 is 2.88 bits per heavy atom. The molecular formula is C19H19N3O3. The maximum Gasteiger partial charge on any atom is 0.309 e. The van der Waals surface area contributed by atoms with Crippen LogP contribution in [0.2, 0.25) is 0 Å². The van der Waals surface area contributed by atoms with Gasteiger partial charge < -0.3 is 9.84 Å². The lowest BCUT2D eigenvalue weighted by atomic mass is 9.98. The fourth-order valence-corrected chi connectivity index (χ4v) is 2.83. The van der Waals surface area contributed by atoms with Crippen molar-refractivity contribution in [3.63, 3.8) is 0 Å². The number of aryl methyl sites for hydroxylation is 1. The Morgan fingerprint density at radius 1 is 1.40 bits per heavy atom. The van der Waals surface area contributed by atoms with Crippen molar-refractivity contribution in [3.05, 3.63) is 58.9 Å². The van der Waals surface area contributed by atoms with Crippen molar-refractivity contribution in [2.75, 3.05) is 13.1 Å². The van der Waals surface area contributed by atoms with Gasteiger partial charge in [-0.3, -0.25) is 14.7 Å². The number of benzene rings is 1. The van der Waals surface area contributed by atoms with Gasteiger partial charge in [0.25, 0.3) is 0 Å². The molecule has 1 aromatic heterocycles. The second kappa shape index (κ2) is 7.32. The molecule has 6 nitrogen and oxygen atoms in total. The smallest absolute Gasteiger partial charge is 0.309 e. The highest BCUT2D eigenvalue weighted by atomic mass is 16.5. The van der Waals surface area contributed by atoms with Crippen LogP contribution < -0.4 is 4.74 Å². The van der Waals surface area contributed by atoms with Gasteiger partial charge in [-0.1, -0.05) is 6.07 Å². The van der Waals surface area contributed by atoms with E-state index in [9.17, 15) is 4.79 Å². The van der Waals surface area contributed by atoms with Crippen LogP contribution >= 0.6 is 0 Å². The van der Waals surface area contributed by atoms with Gasteiger partial charge in [-0.25, -0.2) is 0 Å². The predicted molar refractivity (Wildman–Crippen MR) is 90.9 cm³/mol. The van der Waals surface area contributed by atoms with E-state index in [4.69, 9.17) is 15.1 Å². The highest BCUT2D eigenvalue weighted by Crippen LogP contribution is 2.23. The first kappa shape index (κ1) is 16.9. The van der Waals surface area contributed by atoms with Gasteiger partial charge >= 0.3 is 5.97 Å². The van der Waals surface area contributed by atoms with Crippen molar-refractivity contribution in [3.8, 4) is 11.8 Å². The summed E-state index contributed by atoms with van der Waals surface area (Å²) in [5, 5.41) is 17.8. The third kappa shape index (κ3) is 4.14. The lowest BCUT2D eigenvalue weighted by Gasteiger charge is -2.36. The van der Waals surface area contributed by atoms with Crippen molar-refractivity contribution < 1.29 is 14.6 Å². The molecule has 1 fully saturated rings. The number of ether oxygens (including phenoxy) is 1. The molecule has 0 spiro atoms. The van der Waals surface area contributed by atoms with Crippen molar-refractivity contribution in [2.45, 2.75) is 20.1 Å². The zero-order valence-electron chi connectivity index (χ0n) is 14.0. The highest BCUT2D eigenvalue weighted by molar-refractivity contribution is 5.71. The summed E-state index contributed by atoms with van der Waals surface area (Å²) >= 11 is 0. The Hall–Kier alpha value is -2.91. The molecular weight excluding hydrogens is 318 g/mol. The van der Waals surface area contributed by atoms with Gasteiger partial charge in [0.15, 0.2) is 0 Å². The number of pyridine rings is 1. The van der Waals surface area contributed by atoms with Gasteiger partial charge in [-0.2, -0.15) is 5.26 Å². The van der Waals surface area contributed by atoms with Crippen LogP contribution in [-0.4, -0.2) is 34.0 Å². The van der Waals surface area contributed by atoms with E-state index in [1.165, 1.54) is 11.8 Å². The van der Waals surface area contributed by atoms with Gasteiger partial charge in [0.1, 0.15) is 18.4 Å². The Labute approximate surface area is 146 Å². The monoisotopic (exact) mass is 337 g/mol. The molecule has 0 saturated carbocycles. The summed E-state index contributed by atoms with van der Waals surface area (Å²) in [6.07, 6.45) is 3.21. The minimum absolute atomic E-state index is 0.235. The molecule has 1 N–H and O–H groups in total. The summed E-state index contributed by atoms with van der Waals surface area (Å²) in [6.45, 7) is 4.34. The van der Waals surface area contributed by atoms with Crippen LogP contribution in [0.5, 0.6) is 5.75 Å². The Bertz CT molecular complexity index is 823. The highest BCUT2D eigenvalue weighted by Gasteiger charge is 2.32. The molecule has 0 amide bonds. The normalized spacial score (nSPS) is 14.6. The Kier molecular flexibility index (Phi) is 4.96. The maximum atomic E-state index is 10.9. The molecule has 0 aliphatic carbocycles. The number of hydrogen-bond acceptors (Lipinski definition) is 5. The molecule has 0 bridgehead atoms. The van der Waals surface area contributed by atoms with E-state index in [1.54, 1.807) is 12.3 Å². The first-order valence-corrected chi connectivity index (χ1v) is 8.06. The number of carboxylic acids is 1. The van der Waals surface area contributed by atoms with Crippen LogP contribution in [0.4, 0.5) is 0 Å². The summed E-state index contributed by atoms with van der Waals surface area (Å²) in [5.41, 5.74) is 3.65. The van der Waals surface area contributed by atoms with Gasteiger partial charge in [0, 0.05) is 37.6 Å². The van der Waals surface area contributed by atoms with Gasteiger partial charge in [-0.05, 0) is 36.2 Å².